The minimum Gasteiger partial charge on any atom is -0.392 e. The maximum atomic E-state index is 9.24. The number of aliphatic hydroxyl groups is 1. The largest absolute Gasteiger partial charge is 0.392 e. The summed E-state index contributed by atoms with van der Waals surface area (Å²) in [5, 5.41) is 13.4. The summed E-state index contributed by atoms with van der Waals surface area (Å²) in [6.45, 7) is 2.13. The second-order valence-electron chi connectivity index (χ2n) is 3.84. The lowest BCUT2D eigenvalue weighted by Crippen LogP contribution is -2.03. The second-order valence-corrected chi connectivity index (χ2v) is 4.75. The second kappa shape index (κ2) is 5.42. The van der Waals surface area contributed by atoms with Gasteiger partial charge in [0.1, 0.15) is 0 Å². The van der Waals surface area contributed by atoms with E-state index >= 15 is 0 Å². The smallest absolute Gasteiger partial charge is 0.153 e. The average molecular weight is 296 g/mol. The van der Waals surface area contributed by atoms with E-state index in [0.29, 0.717) is 0 Å². The molecular formula is C12H14BrN3O. The molecule has 0 fully saturated rings. The van der Waals surface area contributed by atoms with E-state index in [9.17, 15) is 5.11 Å². The van der Waals surface area contributed by atoms with Crippen LogP contribution in [0.5, 0.6) is 0 Å². The Morgan fingerprint density at radius 2 is 2.24 bits per heavy atom. The summed E-state index contributed by atoms with van der Waals surface area (Å²) in [6.07, 6.45) is 5.50. The first-order chi connectivity index (χ1) is 8.22. The highest BCUT2D eigenvalue weighted by atomic mass is 79.9. The van der Waals surface area contributed by atoms with E-state index in [4.69, 9.17) is 0 Å². The van der Waals surface area contributed by atoms with Crippen molar-refractivity contribution in [2.24, 2.45) is 0 Å². The number of hydrogen-bond donors (Lipinski definition) is 1. The van der Waals surface area contributed by atoms with Crippen molar-refractivity contribution in [1.82, 2.24) is 14.8 Å². The standard InChI is InChI=1S/C12H14BrN3O/c1-2-3-11-4-9(8-17)5-12(15-11)16-7-10(13)6-14-16/h4-7,17H,2-3,8H2,1H3. The van der Waals surface area contributed by atoms with Gasteiger partial charge in [-0.25, -0.2) is 9.67 Å². The van der Waals surface area contributed by atoms with Crippen LogP contribution in [0.15, 0.2) is 29.0 Å². The first-order valence-corrected chi connectivity index (χ1v) is 6.33. The van der Waals surface area contributed by atoms with Crippen LogP contribution in [0, 0.1) is 0 Å². The van der Waals surface area contributed by atoms with Crippen molar-refractivity contribution in [3.05, 3.63) is 40.3 Å². The summed E-state index contributed by atoms with van der Waals surface area (Å²) < 4.78 is 2.60. The fraction of sp³-hybridized carbons (Fsp3) is 0.333. The lowest BCUT2D eigenvalue weighted by atomic mass is 10.1. The number of aliphatic hydroxyl groups excluding tert-OH is 1. The summed E-state index contributed by atoms with van der Waals surface area (Å²) in [4.78, 5) is 4.52. The van der Waals surface area contributed by atoms with Gasteiger partial charge in [-0.05, 0) is 40.0 Å². The molecule has 90 valence electrons. The summed E-state index contributed by atoms with van der Waals surface area (Å²) >= 11 is 3.35. The fourth-order valence-corrected chi connectivity index (χ4v) is 1.94. The Bertz CT molecular complexity index is 510. The molecule has 0 aliphatic carbocycles. The predicted molar refractivity (Wildman–Crippen MR) is 69.0 cm³/mol. The van der Waals surface area contributed by atoms with Crippen LogP contribution >= 0.6 is 15.9 Å². The lowest BCUT2D eigenvalue weighted by molar-refractivity contribution is 0.281. The highest BCUT2D eigenvalue weighted by Crippen LogP contribution is 2.14. The van der Waals surface area contributed by atoms with Crippen molar-refractivity contribution >= 4 is 15.9 Å². The van der Waals surface area contributed by atoms with Crippen LogP contribution in [0.2, 0.25) is 0 Å². The molecular weight excluding hydrogens is 282 g/mol. The average Bonchev–Trinajstić information content (AvgIpc) is 2.76. The Morgan fingerprint density at radius 1 is 1.41 bits per heavy atom. The predicted octanol–water partition coefficient (Wildman–Crippen LogP) is 2.47. The van der Waals surface area contributed by atoms with E-state index in [1.165, 1.54) is 0 Å². The Kier molecular flexibility index (Phi) is 3.91. The maximum Gasteiger partial charge on any atom is 0.153 e. The van der Waals surface area contributed by atoms with Crippen molar-refractivity contribution in [2.45, 2.75) is 26.4 Å². The molecule has 2 aromatic rings. The Labute approximate surface area is 108 Å². The zero-order valence-corrected chi connectivity index (χ0v) is 11.2. The van der Waals surface area contributed by atoms with E-state index in [1.54, 1.807) is 10.9 Å². The van der Waals surface area contributed by atoms with Crippen LogP contribution in [0.3, 0.4) is 0 Å². The number of rotatable bonds is 4. The van der Waals surface area contributed by atoms with E-state index < -0.39 is 0 Å². The molecule has 0 spiro atoms. The Hall–Kier alpha value is -1.20. The molecule has 2 heterocycles. The summed E-state index contributed by atoms with van der Waals surface area (Å²) in [7, 11) is 0. The molecule has 0 atom stereocenters. The zero-order chi connectivity index (χ0) is 12.3. The first kappa shape index (κ1) is 12.3. The van der Waals surface area contributed by atoms with Gasteiger partial charge in [0, 0.05) is 11.9 Å². The van der Waals surface area contributed by atoms with Gasteiger partial charge < -0.3 is 5.11 Å². The SMILES string of the molecule is CCCc1cc(CO)cc(-n2cc(Br)cn2)n1. The number of nitrogens with zero attached hydrogens (tertiary/aromatic N) is 3. The van der Waals surface area contributed by atoms with Gasteiger partial charge in [-0.2, -0.15) is 5.10 Å². The number of pyridine rings is 1. The van der Waals surface area contributed by atoms with E-state index in [1.807, 2.05) is 18.3 Å². The summed E-state index contributed by atoms with van der Waals surface area (Å²) in [5.74, 6) is 0.741. The van der Waals surface area contributed by atoms with Gasteiger partial charge in [0.2, 0.25) is 0 Å². The van der Waals surface area contributed by atoms with Crippen molar-refractivity contribution in [3.63, 3.8) is 0 Å². The van der Waals surface area contributed by atoms with Gasteiger partial charge in [0.05, 0.1) is 17.3 Å². The molecule has 2 rings (SSSR count). The van der Waals surface area contributed by atoms with Gasteiger partial charge in [-0.3, -0.25) is 0 Å². The van der Waals surface area contributed by atoms with Crippen LogP contribution in [0.1, 0.15) is 24.6 Å². The molecule has 1 N–H and O–H groups in total. The highest BCUT2D eigenvalue weighted by molar-refractivity contribution is 9.10. The van der Waals surface area contributed by atoms with E-state index in [-0.39, 0.29) is 6.61 Å². The Balaban J connectivity index is 2.42. The van der Waals surface area contributed by atoms with Gasteiger partial charge in [-0.15, -0.1) is 0 Å². The van der Waals surface area contributed by atoms with Crippen LogP contribution in [0.25, 0.3) is 5.82 Å². The van der Waals surface area contributed by atoms with Crippen molar-refractivity contribution < 1.29 is 5.11 Å². The van der Waals surface area contributed by atoms with E-state index in [2.05, 4.69) is 32.9 Å². The third-order valence-corrected chi connectivity index (χ3v) is 2.81. The zero-order valence-electron chi connectivity index (χ0n) is 9.60. The van der Waals surface area contributed by atoms with E-state index in [0.717, 1.165) is 34.4 Å². The molecule has 0 bridgehead atoms. The van der Waals surface area contributed by atoms with Crippen LogP contribution < -0.4 is 0 Å². The molecule has 0 saturated heterocycles. The molecule has 5 heteroatoms. The van der Waals surface area contributed by atoms with Crippen LogP contribution in [-0.4, -0.2) is 19.9 Å². The Morgan fingerprint density at radius 3 is 2.82 bits per heavy atom. The minimum absolute atomic E-state index is 0.0225. The molecule has 0 amide bonds. The molecule has 0 aliphatic rings. The van der Waals surface area contributed by atoms with Crippen LogP contribution in [-0.2, 0) is 13.0 Å². The summed E-state index contributed by atoms with van der Waals surface area (Å²) in [5.41, 5.74) is 1.85. The highest BCUT2D eigenvalue weighted by Gasteiger charge is 2.05. The van der Waals surface area contributed by atoms with Crippen molar-refractivity contribution in [1.29, 1.82) is 0 Å². The number of aromatic nitrogens is 3. The lowest BCUT2D eigenvalue weighted by Gasteiger charge is -2.06. The monoisotopic (exact) mass is 295 g/mol. The van der Waals surface area contributed by atoms with Gasteiger partial charge in [0.25, 0.3) is 0 Å². The minimum atomic E-state index is 0.0225. The van der Waals surface area contributed by atoms with Crippen molar-refractivity contribution in [3.8, 4) is 5.82 Å². The maximum absolute atomic E-state index is 9.24. The molecule has 0 radical (unpaired) electrons. The van der Waals surface area contributed by atoms with Crippen LogP contribution in [0.4, 0.5) is 0 Å². The third kappa shape index (κ3) is 2.92. The normalized spacial score (nSPS) is 10.8. The molecule has 4 nitrogen and oxygen atoms in total. The number of hydrogen-bond acceptors (Lipinski definition) is 3. The summed E-state index contributed by atoms with van der Waals surface area (Å²) in [6, 6.07) is 3.78. The first-order valence-electron chi connectivity index (χ1n) is 5.54. The molecule has 0 aliphatic heterocycles. The third-order valence-electron chi connectivity index (χ3n) is 2.40. The van der Waals surface area contributed by atoms with Gasteiger partial charge >= 0.3 is 0 Å². The fourth-order valence-electron chi connectivity index (χ4n) is 1.65. The molecule has 0 saturated carbocycles. The van der Waals surface area contributed by atoms with Crippen molar-refractivity contribution in [2.75, 3.05) is 0 Å². The number of aryl methyl sites for hydroxylation is 1. The molecule has 0 unspecified atom stereocenters. The molecule has 2 aromatic heterocycles. The van der Waals surface area contributed by atoms with Gasteiger partial charge in [-0.1, -0.05) is 13.3 Å². The number of halogens is 1. The topological polar surface area (TPSA) is 50.9 Å². The quantitative estimate of drug-likeness (QED) is 0.943. The molecule has 0 aromatic carbocycles. The molecule has 17 heavy (non-hydrogen) atoms. The van der Waals surface area contributed by atoms with Gasteiger partial charge in [0.15, 0.2) is 5.82 Å².